The lowest BCUT2D eigenvalue weighted by Gasteiger charge is -2.15. The molecule has 36 heavy (non-hydrogen) atoms. The lowest BCUT2D eigenvalue weighted by atomic mass is 10.1. The van der Waals surface area contributed by atoms with E-state index in [9.17, 15) is 4.79 Å². The number of hydrogen-bond donors (Lipinski definition) is 3. The Morgan fingerprint density at radius 2 is 1.47 bits per heavy atom. The zero-order chi connectivity index (χ0) is 25.7. The minimum absolute atomic E-state index is 0.106. The van der Waals surface area contributed by atoms with Gasteiger partial charge < -0.3 is 11.1 Å². The molecule has 0 aliphatic rings. The first-order valence-corrected chi connectivity index (χ1v) is 12.7. The summed E-state index contributed by atoms with van der Waals surface area (Å²) >= 11 is 6.55. The number of fused-ring (bicyclic) bond motifs is 1. The summed E-state index contributed by atoms with van der Waals surface area (Å²) in [6.07, 6.45) is 3.14. The molecule has 2 aromatic carbocycles. The Hall–Kier alpha value is -3.57. The second kappa shape index (κ2) is 11.4. The molecule has 5 rings (SSSR count). The molecule has 2 atom stereocenters. The van der Waals surface area contributed by atoms with E-state index in [1.165, 1.54) is 5.56 Å². The molecule has 4 N–H and O–H groups in total. The quantitative estimate of drug-likeness (QED) is 0.240. The van der Waals surface area contributed by atoms with Crippen LogP contribution in [0.15, 0.2) is 87.1 Å². The third-order valence-electron chi connectivity index (χ3n) is 5.49. The molecule has 0 saturated heterocycles. The average Bonchev–Trinajstić information content (AvgIpc) is 3.22. The van der Waals surface area contributed by atoms with Crippen LogP contribution in [0.1, 0.15) is 37.1 Å². The van der Waals surface area contributed by atoms with E-state index in [2.05, 4.69) is 81.2 Å². The summed E-state index contributed by atoms with van der Waals surface area (Å²) in [7, 11) is 0. The van der Waals surface area contributed by atoms with Crippen LogP contribution in [0.2, 0.25) is 0 Å². The highest BCUT2D eigenvalue weighted by molar-refractivity contribution is 9.10. The number of nitrogens with two attached hydrogens (primary N) is 1. The van der Waals surface area contributed by atoms with Gasteiger partial charge in [0.05, 0.1) is 24.5 Å². The molecule has 0 aliphatic carbocycles. The molecule has 0 unspecified atom stereocenters. The molecule has 184 valence electrons. The summed E-state index contributed by atoms with van der Waals surface area (Å²) < 4.78 is 2.88. The van der Waals surface area contributed by atoms with Crippen molar-refractivity contribution in [1.82, 2.24) is 29.5 Å². The second-order valence-corrected chi connectivity index (χ2v) is 9.58. The highest BCUT2D eigenvalue weighted by Gasteiger charge is 2.16. The number of benzene rings is 2. The number of nitrogens with one attached hydrogen (secondary N) is 2. The van der Waals surface area contributed by atoms with Crippen LogP contribution in [-0.4, -0.2) is 29.5 Å². The first-order valence-electron chi connectivity index (χ1n) is 11.1. The Labute approximate surface area is 224 Å². The maximum Gasteiger partial charge on any atom is 0.329 e. The number of nitrogen functional groups attached to an aromatic ring is 1. The van der Waals surface area contributed by atoms with Crippen molar-refractivity contribution in [3.8, 4) is 0 Å². The number of aromatic amines is 1. The molecule has 0 spiro atoms. The van der Waals surface area contributed by atoms with Gasteiger partial charge in [-0.2, -0.15) is 0 Å². The van der Waals surface area contributed by atoms with Crippen LogP contribution < -0.4 is 16.7 Å². The van der Waals surface area contributed by atoms with Crippen LogP contribution >= 0.6 is 31.9 Å². The fourth-order valence-corrected chi connectivity index (χ4v) is 4.18. The lowest BCUT2D eigenvalue weighted by molar-refractivity contribution is 0.630. The van der Waals surface area contributed by atoms with Gasteiger partial charge in [-0.1, -0.05) is 60.7 Å². The van der Waals surface area contributed by atoms with Crippen LogP contribution in [0.25, 0.3) is 11.3 Å². The van der Waals surface area contributed by atoms with Crippen LogP contribution in [0.3, 0.4) is 0 Å². The van der Waals surface area contributed by atoms with E-state index in [0.29, 0.717) is 32.1 Å². The zero-order valence-electron chi connectivity index (χ0n) is 19.6. The number of H-pyrrole nitrogens is 1. The Morgan fingerprint density at radius 3 is 2.14 bits per heavy atom. The fourth-order valence-electron chi connectivity index (χ4n) is 3.63. The Morgan fingerprint density at radius 1 is 0.889 bits per heavy atom. The van der Waals surface area contributed by atoms with Crippen molar-refractivity contribution < 1.29 is 0 Å². The predicted molar refractivity (Wildman–Crippen MR) is 149 cm³/mol. The standard InChI is InChI=1S/C13H11BrN4O.C12H13BrN4/c1-8(9-5-3-2-4-6-9)18-12-11(17-13(18)19)15-7-10(14)16-12;1-8(9-5-3-2-4-6-9)16-12-11(14)15-7-10(13)17-12/h2-8H,1H3,(H,15,17,19);2-8H,1H3,(H2,14,15)(H,16,17)/t2*8-/m00/s1. The monoisotopic (exact) mass is 610 g/mol. The van der Waals surface area contributed by atoms with Gasteiger partial charge in [-0.05, 0) is 56.8 Å². The summed E-state index contributed by atoms with van der Waals surface area (Å²) in [4.78, 5) is 31.6. The molecule has 0 fully saturated rings. The van der Waals surface area contributed by atoms with Gasteiger partial charge in [0.1, 0.15) is 9.21 Å². The maximum absolute atomic E-state index is 12.1. The smallest absolute Gasteiger partial charge is 0.329 e. The van der Waals surface area contributed by atoms with Crippen molar-refractivity contribution in [2.24, 2.45) is 0 Å². The van der Waals surface area contributed by atoms with Gasteiger partial charge in [0.2, 0.25) is 0 Å². The molecule has 5 aromatic rings. The fraction of sp³-hybridized carbons (Fsp3) is 0.160. The van der Waals surface area contributed by atoms with Gasteiger partial charge in [-0.25, -0.2) is 24.7 Å². The SMILES string of the molecule is C[C@@H](c1ccccc1)n1c(=O)[nH]c2ncc(Br)nc21.C[C@H](Nc1nc(Br)cnc1N)c1ccccc1. The Kier molecular flexibility index (Phi) is 8.11. The number of nitrogens with zero attached hydrogens (tertiary/aromatic N) is 5. The molecule has 0 aliphatic heterocycles. The number of aromatic nitrogens is 6. The second-order valence-electron chi connectivity index (χ2n) is 7.96. The van der Waals surface area contributed by atoms with E-state index in [1.54, 1.807) is 17.0 Å². The van der Waals surface area contributed by atoms with Crippen molar-refractivity contribution in [1.29, 1.82) is 0 Å². The molecule has 0 bridgehead atoms. The topological polar surface area (TPSA) is 127 Å². The minimum Gasteiger partial charge on any atom is -0.381 e. The van der Waals surface area contributed by atoms with Crippen molar-refractivity contribution in [2.75, 3.05) is 11.1 Å². The normalized spacial score (nSPS) is 12.4. The van der Waals surface area contributed by atoms with Crippen LogP contribution in [-0.2, 0) is 0 Å². The molecule has 11 heteroatoms. The number of anilines is 2. The van der Waals surface area contributed by atoms with E-state index in [-0.39, 0.29) is 17.8 Å². The van der Waals surface area contributed by atoms with Crippen LogP contribution in [0.4, 0.5) is 11.6 Å². The number of halogens is 2. The molecule has 9 nitrogen and oxygen atoms in total. The lowest BCUT2D eigenvalue weighted by Crippen LogP contribution is -2.21. The first kappa shape index (κ1) is 25.5. The van der Waals surface area contributed by atoms with E-state index in [4.69, 9.17) is 5.73 Å². The molecule has 3 heterocycles. The highest BCUT2D eigenvalue weighted by atomic mass is 79.9. The number of rotatable bonds is 5. The number of hydrogen-bond acceptors (Lipinski definition) is 7. The van der Waals surface area contributed by atoms with E-state index in [0.717, 1.165) is 5.56 Å². The molecular weight excluding hydrogens is 588 g/mol. The van der Waals surface area contributed by atoms with Gasteiger partial charge in [0.15, 0.2) is 22.9 Å². The summed E-state index contributed by atoms with van der Waals surface area (Å²) in [6, 6.07) is 20.0. The first-order chi connectivity index (χ1) is 17.3. The Balaban J connectivity index is 0.000000170. The summed E-state index contributed by atoms with van der Waals surface area (Å²) in [5, 5.41) is 3.24. The molecular formula is C25H24Br2N8O. The minimum atomic E-state index is -0.204. The molecule has 3 aromatic heterocycles. The van der Waals surface area contributed by atoms with E-state index < -0.39 is 0 Å². The summed E-state index contributed by atoms with van der Waals surface area (Å²) in [5.74, 6) is 0.992. The van der Waals surface area contributed by atoms with Crippen LogP contribution in [0, 0.1) is 0 Å². The highest BCUT2D eigenvalue weighted by Crippen LogP contribution is 2.22. The van der Waals surface area contributed by atoms with E-state index in [1.807, 2.05) is 55.5 Å². The Bertz CT molecular complexity index is 1510. The summed E-state index contributed by atoms with van der Waals surface area (Å²) in [5.41, 5.74) is 8.83. The predicted octanol–water partition coefficient (Wildman–Crippen LogP) is 5.49. The average molecular weight is 612 g/mol. The molecule has 0 amide bonds. The van der Waals surface area contributed by atoms with Gasteiger partial charge in [0, 0.05) is 0 Å². The van der Waals surface area contributed by atoms with Crippen molar-refractivity contribution in [3.63, 3.8) is 0 Å². The third-order valence-corrected chi connectivity index (χ3v) is 6.25. The van der Waals surface area contributed by atoms with Crippen molar-refractivity contribution in [2.45, 2.75) is 25.9 Å². The van der Waals surface area contributed by atoms with E-state index >= 15 is 0 Å². The van der Waals surface area contributed by atoms with Crippen molar-refractivity contribution >= 4 is 54.8 Å². The van der Waals surface area contributed by atoms with Crippen LogP contribution in [0.5, 0.6) is 0 Å². The van der Waals surface area contributed by atoms with Gasteiger partial charge in [0.25, 0.3) is 0 Å². The van der Waals surface area contributed by atoms with Gasteiger partial charge in [-0.15, -0.1) is 0 Å². The van der Waals surface area contributed by atoms with Gasteiger partial charge in [-0.3, -0.25) is 9.55 Å². The maximum atomic E-state index is 12.1. The third kappa shape index (κ3) is 5.97. The molecule has 0 radical (unpaired) electrons. The van der Waals surface area contributed by atoms with Crippen molar-refractivity contribution in [3.05, 3.63) is 104 Å². The summed E-state index contributed by atoms with van der Waals surface area (Å²) in [6.45, 7) is 4.02. The zero-order valence-corrected chi connectivity index (χ0v) is 22.7. The number of imidazole rings is 1. The largest absolute Gasteiger partial charge is 0.381 e. The molecule has 0 saturated carbocycles. The van der Waals surface area contributed by atoms with Gasteiger partial charge >= 0.3 is 5.69 Å².